The molecule has 1 atom stereocenters. The molecule has 1 amide bonds. The average Bonchev–Trinajstić information content (AvgIpc) is 3.54. The van der Waals surface area contributed by atoms with Crippen LogP contribution in [0.1, 0.15) is 45.9 Å². The summed E-state index contributed by atoms with van der Waals surface area (Å²) >= 11 is 17.7. The Bertz CT molecular complexity index is 1170. The zero-order chi connectivity index (χ0) is 27.2. The first-order chi connectivity index (χ1) is 16.5. The molecule has 1 unspecified atom stereocenters. The smallest absolute Gasteiger partial charge is 0.435 e. The van der Waals surface area contributed by atoms with Crippen molar-refractivity contribution in [1.82, 2.24) is 5.32 Å². The number of nitrogens with two attached hydrogens (primary N) is 1. The first kappa shape index (κ1) is 28.4. The van der Waals surface area contributed by atoms with Crippen LogP contribution in [0.2, 0.25) is 15.1 Å². The molecule has 2 aromatic rings. The van der Waals surface area contributed by atoms with Crippen LogP contribution in [-0.2, 0) is 5.67 Å². The van der Waals surface area contributed by atoms with Gasteiger partial charge in [0.1, 0.15) is 5.76 Å². The van der Waals surface area contributed by atoms with Gasteiger partial charge in [-0.25, -0.2) is 4.39 Å². The highest BCUT2D eigenvalue weighted by Crippen LogP contribution is 2.54. The van der Waals surface area contributed by atoms with Crippen molar-refractivity contribution in [3.05, 3.63) is 73.7 Å². The monoisotopic (exact) mass is 578 g/mol. The minimum Gasteiger partial charge on any atom is -0.507 e. The Hall–Kier alpha value is -2.21. The van der Waals surface area contributed by atoms with Gasteiger partial charge in [-0.05, 0) is 48.7 Å². The SMILES string of the molecule is NC(/C=C(\O)c1c(Cl)cc(C(F)(C(F)(F)F)C(F)(F)F)cc1Cl)c1ccc(Cl)c(C(=O)NC2CC2)c1. The molecule has 2 aromatic carbocycles. The number of nitrogens with one attached hydrogen (secondary N) is 1. The molecular weight excluding hydrogens is 564 g/mol. The number of carbonyl (C=O) groups is 1. The van der Waals surface area contributed by atoms with Crippen molar-refractivity contribution in [3.63, 3.8) is 0 Å². The molecular formula is C22H16Cl3F7N2O2. The number of hydrogen-bond donors (Lipinski definition) is 3. The number of alkyl halides is 7. The van der Waals surface area contributed by atoms with E-state index in [9.17, 15) is 40.6 Å². The maximum atomic E-state index is 14.4. The molecule has 0 heterocycles. The maximum absolute atomic E-state index is 14.4. The summed E-state index contributed by atoms with van der Waals surface area (Å²) in [4.78, 5) is 12.4. The highest BCUT2D eigenvalue weighted by molar-refractivity contribution is 6.37. The van der Waals surface area contributed by atoms with Gasteiger partial charge >= 0.3 is 18.0 Å². The van der Waals surface area contributed by atoms with Gasteiger partial charge in [0.15, 0.2) is 0 Å². The van der Waals surface area contributed by atoms with Crippen LogP contribution in [0.15, 0.2) is 36.4 Å². The van der Waals surface area contributed by atoms with Crippen LogP contribution in [0.25, 0.3) is 5.76 Å². The molecule has 1 saturated carbocycles. The molecule has 0 saturated heterocycles. The van der Waals surface area contributed by atoms with E-state index >= 15 is 0 Å². The normalized spacial score (nSPS) is 16.1. The molecule has 0 radical (unpaired) electrons. The van der Waals surface area contributed by atoms with Crippen molar-refractivity contribution in [1.29, 1.82) is 0 Å². The molecule has 0 aliphatic heterocycles. The van der Waals surface area contributed by atoms with Gasteiger partial charge in [-0.2, -0.15) is 26.3 Å². The van der Waals surface area contributed by atoms with E-state index in [2.05, 4.69) is 5.32 Å². The van der Waals surface area contributed by atoms with Gasteiger partial charge in [0.05, 0.1) is 32.2 Å². The van der Waals surface area contributed by atoms with Crippen molar-refractivity contribution in [2.45, 2.75) is 42.9 Å². The van der Waals surface area contributed by atoms with Gasteiger partial charge in [-0.3, -0.25) is 4.79 Å². The van der Waals surface area contributed by atoms with E-state index in [0.717, 1.165) is 18.9 Å². The molecule has 4 nitrogen and oxygen atoms in total. The molecule has 3 rings (SSSR count). The third kappa shape index (κ3) is 5.53. The minimum atomic E-state index is -6.38. The Morgan fingerprint density at radius 1 is 0.972 bits per heavy atom. The number of hydrogen-bond acceptors (Lipinski definition) is 3. The van der Waals surface area contributed by atoms with E-state index < -0.39 is 56.9 Å². The Morgan fingerprint density at radius 2 is 1.50 bits per heavy atom. The van der Waals surface area contributed by atoms with Crippen molar-refractivity contribution >= 4 is 46.5 Å². The lowest BCUT2D eigenvalue weighted by Crippen LogP contribution is -2.50. The van der Waals surface area contributed by atoms with Crippen LogP contribution in [0.4, 0.5) is 30.7 Å². The summed E-state index contributed by atoms with van der Waals surface area (Å²) in [5, 5.41) is 11.5. The van der Waals surface area contributed by atoms with Gasteiger partial charge in [0, 0.05) is 11.6 Å². The predicted octanol–water partition coefficient (Wildman–Crippen LogP) is 7.43. The zero-order valence-electron chi connectivity index (χ0n) is 17.7. The van der Waals surface area contributed by atoms with Gasteiger partial charge < -0.3 is 16.2 Å². The van der Waals surface area contributed by atoms with Gasteiger partial charge in [-0.1, -0.05) is 40.9 Å². The summed E-state index contributed by atoms with van der Waals surface area (Å²) in [6.45, 7) is 0. The summed E-state index contributed by atoms with van der Waals surface area (Å²) in [6, 6.07) is 3.20. The molecule has 0 spiro atoms. The molecule has 196 valence electrons. The summed E-state index contributed by atoms with van der Waals surface area (Å²) in [7, 11) is 0. The summed E-state index contributed by atoms with van der Waals surface area (Å²) < 4.78 is 92.8. The molecule has 1 fully saturated rings. The summed E-state index contributed by atoms with van der Waals surface area (Å²) in [5.74, 6) is -1.26. The van der Waals surface area contributed by atoms with E-state index in [0.29, 0.717) is 0 Å². The fraction of sp³-hybridized carbons (Fsp3) is 0.318. The van der Waals surface area contributed by atoms with Crippen LogP contribution >= 0.6 is 34.8 Å². The summed E-state index contributed by atoms with van der Waals surface area (Å²) in [6.07, 6.45) is -10.2. The summed E-state index contributed by atoms with van der Waals surface area (Å²) in [5.41, 5.74) is -1.86. The quantitative estimate of drug-likeness (QED) is 0.246. The van der Waals surface area contributed by atoms with Gasteiger partial charge in [0.2, 0.25) is 0 Å². The van der Waals surface area contributed by atoms with E-state index in [4.69, 9.17) is 40.5 Å². The number of carbonyl (C=O) groups excluding carboxylic acids is 1. The first-order valence-corrected chi connectivity index (χ1v) is 11.2. The molecule has 4 N–H and O–H groups in total. The number of halogens is 10. The molecule has 1 aliphatic rings. The van der Waals surface area contributed by atoms with Crippen LogP contribution in [0.3, 0.4) is 0 Å². The Kier molecular flexibility index (Phi) is 7.82. The third-order valence-corrected chi connectivity index (χ3v) is 6.27. The molecule has 1 aliphatic carbocycles. The fourth-order valence-electron chi connectivity index (χ4n) is 3.27. The average molecular weight is 580 g/mol. The lowest BCUT2D eigenvalue weighted by molar-refractivity contribution is -0.348. The maximum Gasteiger partial charge on any atom is 0.435 e. The second-order valence-electron chi connectivity index (χ2n) is 8.03. The minimum absolute atomic E-state index is 0.0415. The molecule has 14 heteroatoms. The lowest BCUT2D eigenvalue weighted by Gasteiger charge is -2.30. The van der Waals surface area contributed by atoms with E-state index in [1.807, 2.05) is 0 Å². The lowest BCUT2D eigenvalue weighted by atomic mass is 9.92. The first-order valence-electron chi connectivity index (χ1n) is 10.1. The van der Waals surface area contributed by atoms with E-state index in [1.165, 1.54) is 18.2 Å². The van der Waals surface area contributed by atoms with Crippen molar-refractivity contribution < 1.29 is 40.6 Å². The highest BCUT2D eigenvalue weighted by Gasteiger charge is 2.73. The molecule has 0 bridgehead atoms. The van der Waals surface area contributed by atoms with Crippen molar-refractivity contribution in [2.75, 3.05) is 0 Å². The Balaban J connectivity index is 1.97. The zero-order valence-corrected chi connectivity index (χ0v) is 20.0. The van der Waals surface area contributed by atoms with Crippen LogP contribution in [0.5, 0.6) is 0 Å². The number of rotatable bonds is 6. The van der Waals surface area contributed by atoms with E-state index in [1.54, 1.807) is 0 Å². The fourth-order valence-corrected chi connectivity index (χ4v) is 4.15. The van der Waals surface area contributed by atoms with Crippen LogP contribution in [0, 0.1) is 0 Å². The van der Waals surface area contributed by atoms with Gasteiger partial charge in [0.25, 0.3) is 5.91 Å². The number of aliphatic hydroxyl groups is 1. The van der Waals surface area contributed by atoms with E-state index in [-0.39, 0.29) is 34.3 Å². The number of aliphatic hydroxyl groups excluding tert-OH is 1. The second-order valence-corrected chi connectivity index (χ2v) is 9.26. The Labute approximate surface area is 214 Å². The topological polar surface area (TPSA) is 75.3 Å². The van der Waals surface area contributed by atoms with Crippen LogP contribution < -0.4 is 11.1 Å². The Morgan fingerprint density at radius 3 is 1.97 bits per heavy atom. The van der Waals surface area contributed by atoms with Crippen molar-refractivity contribution in [3.8, 4) is 0 Å². The number of amides is 1. The largest absolute Gasteiger partial charge is 0.507 e. The predicted molar refractivity (Wildman–Crippen MR) is 121 cm³/mol. The number of benzene rings is 2. The standard InChI is InChI=1S/C22H16Cl3F7N2O2/c23-13-4-1-9(5-12(13)19(36)34-11-2-3-11)16(33)8-17(35)18-14(24)6-10(7-15(18)25)20(26,21(27,28)29)22(30,31)32/h1,4-8,11,16,35H,2-3,33H2,(H,34,36)/b17-8-. The second kappa shape index (κ2) is 9.92. The highest BCUT2D eigenvalue weighted by atomic mass is 35.5. The van der Waals surface area contributed by atoms with Gasteiger partial charge in [-0.15, -0.1) is 0 Å². The third-order valence-electron chi connectivity index (χ3n) is 5.35. The molecule has 36 heavy (non-hydrogen) atoms. The van der Waals surface area contributed by atoms with Crippen LogP contribution in [-0.4, -0.2) is 29.4 Å². The van der Waals surface area contributed by atoms with Crippen molar-refractivity contribution in [2.24, 2.45) is 5.73 Å². The molecule has 0 aromatic heterocycles.